The number of aliphatic imine (C=N–C) groups is 1. The van der Waals surface area contributed by atoms with E-state index < -0.39 is 5.97 Å². The van der Waals surface area contributed by atoms with Gasteiger partial charge in [0.2, 0.25) is 0 Å². The van der Waals surface area contributed by atoms with E-state index in [-0.39, 0.29) is 6.10 Å². The highest BCUT2D eigenvalue weighted by atomic mass is 35.5. The third-order valence-electron chi connectivity index (χ3n) is 1.51. The average molecular weight is 223 g/mol. The Morgan fingerprint density at radius 3 is 2.79 bits per heavy atom. The molecule has 0 saturated heterocycles. The van der Waals surface area contributed by atoms with Crippen molar-refractivity contribution in [2.24, 2.45) is 4.99 Å². The number of aliphatic carboxylic acids is 1. The van der Waals surface area contributed by atoms with Crippen LogP contribution in [0.3, 0.4) is 0 Å². The zero-order valence-corrected chi connectivity index (χ0v) is 8.83. The second kappa shape index (κ2) is 7.73. The number of hydrogen-bond donors (Lipinski definition) is 2. The molecule has 0 bridgehead atoms. The van der Waals surface area contributed by atoms with E-state index in [1.807, 2.05) is 6.34 Å². The van der Waals surface area contributed by atoms with Crippen molar-refractivity contribution in [2.75, 3.05) is 25.5 Å². The number of quaternary nitrogens is 1. The van der Waals surface area contributed by atoms with Crippen LogP contribution < -0.4 is 10.0 Å². The SMILES string of the molecule is CC(=O)[O-].OC(CCl)C[NH+]1C=NCC1. The highest BCUT2D eigenvalue weighted by molar-refractivity contribution is 6.18. The Hall–Kier alpha value is -0.650. The lowest BCUT2D eigenvalue weighted by Crippen LogP contribution is -3.11. The van der Waals surface area contributed by atoms with Crippen molar-refractivity contribution < 1.29 is 19.9 Å². The molecule has 82 valence electrons. The maximum Gasteiger partial charge on any atom is 0.183 e. The molecule has 0 aromatic rings. The van der Waals surface area contributed by atoms with E-state index in [0.717, 1.165) is 20.0 Å². The molecule has 0 radical (unpaired) electrons. The molecule has 1 heterocycles. The number of alkyl halides is 1. The summed E-state index contributed by atoms with van der Waals surface area (Å²) in [6.07, 6.45) is 1.46. The highest BCUT2D eigenvalue weighted by Crippen LogP contribution is 1.82. The zero-order chi connectivity index (χ0) is 11.0. The van der Waals surface area contributed by atoms with Crippen LogP contribution in [0.25, 0.3) is 0 Å². The van der Waals surface area contributed by atoms with Gasteiger partial charge in [-0.3, -0.25) is 4.90 Å². The normalized spacial score (nSPS) is 21.2. The van der Waals surface area contributed by atoms with Crippen LogP contribution in [0.5, 0.6) is 0 Å². The Labute approximate surface area is 88.0 Å². The van der Waals surface area contributed by atoms with Crippen LogP contribution in [0.4, 0.5) is 0 Å². The van der Waals surface area contributed by atoms with E-state index >= 15 is 0 Å². The molecule has 2 unspecified atom stereocenters. The number of carbonyl (C=O) groups excluding carboxylic acids is 1. The summed E-state index contributed by atoms with van der Waals surface area (Å²) in [4.78, 5) is 14.1. The smallest absolute Gasteiger partial charge is 0.183 e. The van der Waals surface area contributed by atoms with Crippen LogP contribution in [0.15, 0.2) is 4.99 Å². The summed E-state index contributed by atoms with van der Waals surface area (Å²) in [5.41, 5.74) is 0. The molecule has 5 nitrogen and oxygen atoms in total. The average Bonchev–Trinajstić information content (AvgIpc) is 2.55. The molecule has 6 heteroatoms. The number of nitrogens with zero attached hydrogens (tertiary/aromatic N) is 1. The lowest BCUT2D eigenvalue weighted by Gasteiger charge is -2.10. The lowest BCUT2D eigenvalue weighted by molar-refractivity contribution is -0.794. The van der Waals surface area contributed by atoms with Gasteiger partial charge in [0.15, 0.2) is 6.34 Å². The van der Waals surface area contributed by atoms with Gasteiger partial charge in [0.25, 0.3) is 0 Å². The number of hydrogen-bond acceptors (Lipinski definition) is 4. The molecule has 0 aromatic carbocycles. The number of aliphatic hydroxyl groups excluding tert-OH is 1. The second-order valence-corrected chi connectivity index (χ2v) is 3.26. The van der Waals surface area contributed by atoms with Gasteiger partial charge >= 0.3 is 0 Å². The minimum atomic E-state index is -1.08. The summed E-state index contributed by atoms with van der Waals surface area (Å²) in [6, 6.07) is 0. The second-order valence-electron chi connectivity index (χ2n) is 2.95. The lowest BCUT2D eigenvalue weighted by atomic mass is 10.4. The maximum absolute atomic E-state index is 9.10. The van der Waals surface area contributed by atoms with Gasteiger partial charge in [0.1, 0.15) is 19.2 Å². The third kappa shape index (κ3) is 7.97. The Morgan fingerprint density at radius 2 is 2.43 bits per heavy atom. The first kappa shape index (κ1) is 13.4. The predicted octanol–water partition coefficient (Wildman–Crippen LogP) is -2.73. The van der Waals surface area contributed by atoms with Crippen molar-refractivity contribution in [3.63, 3.8) is 0 Å². The van der Waals surface area contributed by atoms with Crippen LogP contribution >= 0.6 is 11.6 Å². The molecule has 1 aliphatic heterocycles. The largest absolute Gasteiger partial charge is 0.550 e. The minimum absolute atomic E-state index is 0.317. The van der Waals surface area contributed by atoms with Gasteiger partial charge in [-0.05, 0) is 6.92 Å². The number of aliphatic hydroxyl groups is 1. The predicted molar refractivity (Wildman–Crippen MR) is 51.5 cm³/mol. The number of nitrogens with one attached hydrogen (secondary N) is 1. The number of carboxylic acid groups (broad SMARTS) is 1. The standard InChI is InChI=1S/C6H11ClN2O.C2H4O2/c7-3-6(10)4-9-2-1-8-5-9;1-2(3)4/h5-6,10H,1-4H2;1H3,(H,3,4). The Morgan fingerprint density at radius 1 is 1.86 bits per heavy atom. The summed E-state index contributed by atoms with van der Waals surface area (Å²) in [6.45, 7) is 3.53. The first-order valence-corrected chi connectivity index (χ1v) is 4.85. The van der Waals surface area contributed by atoms with Crippen molar-refractivity contribution in [3.8, 4) is 0 Å². The minimum Gasteiger partial charge on any atom is -0.550 e. The molecule has 2 atom stereocenters. The fourth-order valence-corrected chi connectivity index (χ4v) is 1.09. The molecule has 0 amide bonds. The molecule has 14 heavy (non-hydrogen) atoms. The molecule has 0 saturated carbocycles. The molecular weight excluding hydrogens is 208 g/mol. The number of carbonyl (C=O) groups is 1. The van der Waals surface area contributed by atoms with Crippen LogP contribution in [-0.2, 0) is 4.79 Å². The van der Waals surface area contributed by atoms with Gasteiger partial charge in [-0.15, -0.1) is 11.6 Å². The van der Waals surface area contributed by atoms with Crippen LogP contribution in [0, 0.1) is 0 Å². The topological polar surface area (TPSA) is 77.2 Å². The number of carboxylic acids is 1. The molecule has 2 N–H and O–H groups in total. The molecule has 0 fully saturated rings. The fraction of sp³-hybridized carbons (Fsp3) is 0.750. The van der Waals surface area contributed by atoms with Gasteiger partial charge in [0.05, 0.1) is 12.4 Å². The van der Waals surface area contributed by atoms with Gasteiger partial charge in [-0.1, -0.05) is 0 Å². The van der Waals surface area contributed by atoms with Crippen LogP contribution in [0.1, 0.15) is 6.92 Å². The monoisotopic (exact) mass is 222 g/mol. The summed E-state index contributed by atoms with van der Waals surface area (Å²) in [5.74, 6) is -0.767. The van der Waals surface area contributed by atoms with Crippen molar-refractivity contribution in [1.82, 2.24) is 0 Å². The third-order valence-corrected chi connectivity index (χ3v) is 1.87. The van der Waals surface area contributed by atoms with Gasteiger partial charge in [-0.2, -0.15) is 0 Å². The fourth-order valence-electron chi connectivity index (χ4n) is 0.978. The van der Waals surface area contributed by atoms with E-state index in [1.54, 1.807) is 0 Å². The summed E-state index contributed by atoms with van der Waals surface area (Å²) < 4.78 is 0. The Kier molecular flexibility index (Phi) is 7.37. The highest BCUT2D eigenvalue weighted by Gasteiger charge is 2.14. The quantitative estimate of drug-likeness (QED) is 0.509. The molecule has 0 spiro atoms. The zero-order valence-electron chi connectivity index (χ0n) is 8.07. The van der Waals surface area contributed by atoms with Crippen LogP contribution in [-0.4, -0.2) is 49.0 Å². The molecule has 0 aliphatic carbocycles. The molecule has 0 aromatic heterocycles. The molecular formula is C8H15ClN2O3. The summed E-state index contributed by atoms with van der Waals surface area (Å²) in [5, 5.41) is 18.0. The first-order chi connectivity index (χ1) is 6.56. The van der Waals surface area contributed by atoms with Crippen molar-refractivity contribution in [3.05, 3.63) is 0 Å². The van der Waals surface area contributed by atoms with Crippen molar-refractivity contribution >= 4 is 23.9 Å². The van der Waals surface area contributed by atoms with E-state index in [9.17, 15) is 0 Å². The summed E-state index contributed by atoms with van der Waals surface area (Å²) in [7, 11) is 0. The van der Waals surface area contributed by atoms with Gasteiger partial charge in [0, 0.05) is 5.97 Å². The Balaban J connectivity index is 0.000000364. The maximum atomic E-state index is 9.10. The van der Waals surface area contributed by atoms with E-state index in [4.69, 9.17) is 26.6 Å². The Bertz CT molecular complexity index is 195. The van der Waals surface area contributed by atoms with Crippen molar-refractivity contribution in [2.45, 2.75) is 13.0 Å². The van der Waals surface area contributed by atoms with E-state index in [1.165, 1.54) is 4.90 Å². The number of rotatable bonds is 3. The van der Waals surface area contributed by atoms with Crippen molar-refractivity contribution in [1.29, 1.82) is 0 Å². The van der Waals surface area contributed by atoms with E-state index in [0.29, 0.717) is 12.4 Å². The van der Waals surface area contributed by atoms with E-state index in [2.05, 4.69) is 4.99 Å². The first-order valence-electron chi connectivity index (χ1n) is 4.32. The molecule has 1 aliphatic rings. The van der Waals surface area contributed by atoms with Gasteiger partial charge < -0.3 is 15.0 Å². The summed E-state index contributed by atoms with van der Waals surface area (Å²) >= 11 is 5.42. The van der Waals surface area contributed by atoms with Crippen LogP contribution in [0.2, 0.25) is 0 Å². The molecule has 1 rings (SSSR count). The number of halogens is 1. The van der Waals surface area contributed by atoms with Gasteiger partial charge in [-0.25, -0.2) is 4.99 Å².